The van der Waals surface area contributed by atoms with Crippen LogP contribution in [-0.4, -0.2) is 11.1 Å². The highest BCUT2D eigenvalue weighted by atomic mass is 14.8. The molecule has 0 heterocycles. The topological polar surface area (TPSA) is 52.0 Å². The van der Waals surface area contributed by atoms with Crippen molar-refractivity contribution in [1.82, 2.24) is 0 Å². The van der Waals surface area contributed by atoms with Crippen LogP contribution in [0.25, 0.3) is 0 Å². The molecule has 0 spiro atoms. The van der Waals surface area contributed by atoms with Crippen LogP contribution in [0.4, 0.5) is 0 Å². The van der Waals surface area contributed by atoms with Gasteiger partial charge in [0.05, 0.1) is 0 Å². The molecule has 0 aromatic heterocycles. The summed E-state index contributed by atoms with van der Waals surface area (Å²) in [5.41, 5.74) is 12.4. The Labute approximate surface area is 95.8 Å². The molecular weight excluding hydrogens is 184 g/mol. The van der Waals surface area contributed by atoms with Crippen LogP contribution in [0.3, 0.4) is 0 Å². The average Bonchev–Trinajstić information content (AvgIpc) is 2.09. The van der Waals surface area contributed by atoms with E-state index in [9.17, 15) is 0 Å². The number of unbranched alkanes of at least 4 members (excludes halogenated alkanes) is 2. The Kier molecular flexibility index (Phi) is 6.46. The van der Waals surface area contributed by atoms with Crippen LogP contribution >= 0.6 is 0 Å². The summed E-state index contributed by atoms with van der Waals surface area (Å²) >= 11 is 0. The lowest BCUT2D eigenvalue weighted by Crippen LogP contribution is -2.49. The van der Waals surface area contributed by atoms with E-state index in [1.54, 1.807) is 0 Å². The summed E-state index contributed by atoms with van der Waals surface area (Å²) in [6.45, 7) is 8.58. The van der Waals surface area contributed by atoms with E-state index in [0.29, 0.717) is 0 Å². The van der Waals surface area contributed by atoms with E-state index >= 15 is 0 Å². The third-order valence-corrected chi connectivity index (χ3v) is 2.86. The van der Waals surface area contributed by atoms with Gasteiger partial charge < -0.3 is 11.5 Å². The van der Waals surface area contributed by atoms with Crippen molar-refractivity contribution in [2.24, 2.45) is 11.5 Å². The SMILES string of the molecule is CCCCC(N)(CCCC)CC(C)(C)N. The maximum absolute atomic E-state index is 6.48. The molecule has 15 heavy (non-hydrogen) atoms. The van der Waals surface area contributed by atoms with Gasteiger partial charge in [0, 0.05) is 11.1 Å². The van der Waals surface area contributed by atoms with E-state index in [1.807, 2.05) is 0 Å². The monoisotopic (exact) mass is 214 g/mol. The Bertz CT molecular complexity index is 150. The third kappa shape index (κ3) is 7.80. The lowest BCUT2D eigenvalue weighted by Gasteiger charge is -2.35. The van der Waals surface area contributed by atoms with Crippen LogP contribution in [0, 0.1) is 0 Å². The van der Waals surface area contributed by atoms with Crippen LogP contribution in [0.1, 0.15) is 72.6 Å². The first-order valence-electron chi connectivity index (χ1n) is 6.41. The van der Waals surface area contributed by atoms with E-state index in [1.165, 1.54) is 25.7 Å². The molecule has 0 fully saturated rings. The third-order valence-electron chi connectivity index (χ3n) is 2.86. The minimum atomic E-state index is -0.143. The molecule has 0 bridgehead atoms. The molecule has 0 radical (unpaired) electrons. The van der Waals surface area contributed by atoms with Crippen LogP contribution in [0.15, 0.2) is 0 Å². The predicted molar refractivity (Wildman–Crippen MR) is 68.9 cm³/mol. The molecule has 0 saturated heterocycles. The molecule has 0 aliphatic rings. The van der Waals surface area contributed by atoms with Gasteiger partial charge in [-0.15, -0.1) is 0 Å². The molecule has 4 N–H and O–H groups in total. The van der Waals surface area contributed by atoms with Crippen LogP contribution in [0.2, 0.25) is 0 Å². The largest absolute Gasteiger partial charge is 0.325 e. The Morgan fingerprint density at radius 1 is 0.867 bits per heavy atom. The minimum Gasteiger partial charge on any atom is -0.325 e. The van der Waals surface area contributed by atoms with Gasteiger partial charge in [0.2, 0.25) is 0 Å². The predicted octanol–water partition coefficient (Wildman–Crippen LogP) is 3.19. The molecule has 0 aromatic carbocycles. The van der Waals surface area contributed by atoms with Crippen molar-refractivity contribution in [2.45, 2.75) is 83.7 Å². The molecule has 0 aliphatic heterocycles. The summed E-state index contributed by atoms with van der Waals surface area (Å²) in [5, 5.41) is 0. The first-order chi connectivity index (χ1) is 6.83. The van der Waals surface area contributed by atoms with Crippen molar-refractivity contribution in [2.75, 3.05) is 0 Å². The second kappa shape index (κ2) is 6.49. The standard InChI is InChI=1S/C13H30N2/c1-5-7-9-13(15,10-8-6-2)11-12(3,4)14/h5-11,14-15H2,1-4H3. The van der Waals surface area contributed by atoms with Gasteiger partial charge in [0.1, 0.15) is 0 Å². The Balaban J connectivity index is 4.26. The summed E-state index contributed by atoms with van der Waals surface area (Å²) in [4.78, 5) is 0. The lowest BCUT2D eigenvalue weighted by molar-refractivity contribution is 0.262. The maximum atomic E-state index is 6.48. The molecule has 0 unspecified atom stereocenters. The van der Waals surface area contributed by atoms with E-state index < -0.39 is 0 Å². The van der Waals surface area contributed by atoms with Crippen molar-refractivity contribution < 1.29 is 0 Å². The first kappa shape index (κ1) is 14.9. The zero-order valence-corrected chi connectivity index (χ0v) is 11.1. The normalized spacial score (nSPS) is 13.2. The smallest absolute Gasteiger partial charge is 0.0171 e. The molecule has 0 rings (SSSR count). The molecular formula is C13H30N2. The van der Waals surface area contributed by atoms with Gasteiger partial charge in [-0.2, -0.15) is 0 Å². The molecule has 2 nitrogen and oxygen atoms in total. The van der Waals surface area contributed by atoms with Crippen molar-refractivity contribution in [3.05, 3.63) is 0 Å². The highest BCUT2D eigenvalue weighted by molar-refractivity contribution is 4.91. The molecule has 0 aromatic rings. The van der Waals surface area contributed by atoms with Crippen LogP contribution in [-0.2, 0) is 0 Å². The van der Waals surface area contributed by atoms with Crippen molar-refractivity contribution in [3.8, 4) is 0 Å². The number of hydrogen-bond donors (Lipinski definition) is 2. The summed E-state index contributed by atoms with van der Waals surface area (Å²) in [7, 11) is 0. The second-order valence-electron chi connectivity index (χ2n) is 5.73. The van der Waals surface area contributed by atoms with Gasteiger partial charge in [-0.05, 0) is 33.1 Å². The number of hydrogen-bond acceptors (Lipinski definition) is 2. The summed E-state index contributed by atoms with van der Waals surface area (Å²) < 4.78 is 0. The fourth-order valence-corrected chi connectivity index (χ4v) is 2.27. The number of nitrogens with two attached hydrogens (primary N) is 2. The Morgan fingerprint density at radius 2 is 1.27 bits per heavy atom. The molecule has 92 valence electrons. The van der Waals surface area contributed by atoms with Crippen molar-refractivity contribution in [1.29, 1.82) is 0 Å². The maximum Gasteiger partial charge on any atom is 0.0171 e. The van der Waals surface area contributed by atoms with Crippen LogP contribution in [0.5, 0.6) is 0 Å². The van der Waals surface area contributed by atoms with Crippen molar-refractivity contribution >= 4 is 0 Å². The van der Waals surface area contributed by atoms with E-state index in [2.05, 4.69) is 27.7 Å². The van der Waals surface area contributed by atoms with Gasteiger partial charge in [-0.3, -0.25) is 0 Å². The zero-order chi connectivity index (χ0) is 11.9. The Hall–Kier alpha value is -0.0800. The second-order valence-corrected chi connectivity index (χ2v) is 5.73. The molecule has 2 heteroatoms. The van der Waals surface area contributed by atoms with Crippen molar-refractivity contribution in [3.63, 3.8) is 0 Å². The molecule has 0 amide bonds. The van der Waals surface area contributed by atoms with Gasteiger partial charge in [0.25, 0.3) is 0 Å². The van der Waals surface area contributed by atoms with Gasteiger partial charge >= 0.3 is 0 Å². The van der Waals surface area contributed by atoms with Gasteiger partial charge in [-0.25, -0.2) is 0 Å². The highest BCUT2D eigenvalue weighted by Gasteiger charge is 2.29. The molecule has 0 aliphatic carbocycles. The molecule has 0 atom stereocenters. The van der Waals surface area contributed by atoms with Gasteiger partial charge in [0.15, 0.2) is 0 Å². The van der Waals surface area contributed by atoms with E-state index in [0.717, 1.165) is 19.3 Å². The molecule has 0 saturated carbocycles. The fraction of sp³-hybridized carbons (Fsp3) is 1.00. The fourth-order valence-electron chi connectivity index (χ4n) is 2.27. The zero-order valence-electron chi connectivity index (χ0n) is 11.1. The number of rotatable bonds is 8. The van der Waals surface area contributed by atoms with E-state index in [4.69, 9.17) is 11.5 Å². The first-order valence-corrected chi connectivity index (χ1v) is 6.41. The highest BCUT2D eigenvalue weighted by Crippen LogP contribution is 2.27. The average molecular weight is 214 g/mol. The van der Waals surface area contributed by atoms with Crippen LogP contribution < -0.4 is 11.5 Å². The van der Waals surface area contributed by atoms with E-state index in [-0.39, 0.29) is 11.1 Å². The lowest BCUT2D eigenvalue weighted by atomic mass is 9.78. The quantitative estimate of drug-likeness (QED) is 0.652. The summed E-state index contributed by atoms with van der Waals surface area (Å²) in [6.07, 6.45) is 8.03. The summed E-state index contributed by atoms with van der Waals surface area (Å²) in [6, 6.07) is 0. The van der Waals surface area contributed by atoms with Gasteiger partial charge in [-0.1, -0.05) is 39.5 Å². The Morgan fingerprint density at radius 3 is 1.53 bits per heavy atom. The summed E-state index contributed by atoms with van der Waals surface area (Å²) in [5.74, 6) is 0. The minimum absolute atomic E-state index is 0.0374.